The van der Waals surface area contributed by atoms with Gasteiger partial charge in [0, 0.05) is 49.3 Å². The Morgan fingerprint density at radius 1 is 0.863 bits per heavy atom. The highest BCUT2D eigenvalue weighted by molar-refractivity contribution is 6.76. The second kappa shape index (κ2) is 23.9. The fraction of sp³-hybridized carbons (Fsp3) is 0.795. The monoisotopic (exact) mass is 1070 g/mol. The number of aliphatic hydroxyl groups excluding tert-OH is 4. The van der Waals surface area contributed by atoms with Crippen LogP contribution in [0.3, 0.4) is 0 Å². The topological polar surface area (TPSA) is 401 Å². The summed E-state index contributed by atoms with van der Waals surface area (Å²) in [6.07, 6.45) is -24.7. The van der Waals surface area contributed by atoms with E-state index in [1.807, 2.05) is 19.6 Å². The predicted molar refractivity (Wildman–Crippen MR) is 239 cm³/mol. The summed E-state index contributed by atoms with van der Waals surface area (Å²) in [4.78, 5) is 120. The highest BCUT2D eigenvalue weighted by Crippen LogP contribution is 2.48. The van der Waals surface area contributed by atoms with E-state index < -0.39 is 196 Å². The van der Waals surface area contributed by atoms with Crippen LogP contribution in [0.2, 0.25) is 25.7 Å². The zero-order valence-electron chi connectivity index (χ0n) is 42.3. The number of hydrogen-bond donors (Lipinski definition) is 8. The summed E-state index contributed by atoms with van der Waals surface area (Å²) in [5.74, 6) is -17.3. The first kappa shape index (κ1) is 60.9. The quantitative estimate of drug-likeness (QED) is 0.0325. The maximum Gasteiger partial charge on any atom is 0.367 e. The highest BCUT2D eigenvalue weighted by Gasteiger charge is 2.72. The van der Waals surface area contributed by atoms with Gasteiger partial charge in [0.15, 0.2) is 41.3 Å². The third-order valence-electron chi connectivity index (χ3n) is 12.6. The van der Waals surface area contributed by atoms with Crippen LogP contribution in [-0.4, -0.2) is 228 Å². The first-order chi connectivity index (χ1) is 33.8. The van der Waals surface area contributed by atoms with Gasteiger partial charge in [-0.15, -0.1) is 0 Å². The molecule has 4 rings (SSSR count). The average molecular weight is 1070 g/mol. The Kier molecular flexibility index (Phi) is 20.0. The van der Waals surface area contributed by atoms with Crippen LogP contribution in [0, 0.1) is 0 Å². The molecule has 0 bridgehead atoms. The first-order valence-corrected chi connectivity index (χ1v) is 26.8. The van der Waals surface area contributed by atoms with Gasteiger partial charge < -0.3 is 93.4 Å². The number of rotatable bonds is 20. The summed E-state index contributed by atoms with van der Waals surface area (Å²) in [6.45, 7) is 9.02. The van der Waals surface area contributed by atoms with E-state index in [1.165, 1.54) is 0 Å². The summed E-state index contributed by atoms with van der Waals surface area (Å²) in [5.41, 5.74) is -6.70. The van der Waals surface area contributed by atoms with Crippen LogP contribution in [0.4, 0.5) is 0 Å². The van der Waals surface area contributed by atoms with Crippen molar-refractivity contribution in [1.82, 2.24) is 10.6 Å². The highest BCUT2D eigenvalue weighted by atomic mass is 28.3. The lowest BCUT2D eigenvalue weighted by Crippen LogP contribution is -2.80. The van der Waals surface area contributed by atoms with Gasteiger partial charge >= 0.3 is 29.8 Å². The maximum atomic E-state index is 14.4. The minimum Gasteiger partial charge on any atom is -0.465 e. The Morgan fingerprint density at radius 3 is 1.97 bits per heavy atom. The number of carbonyl (C=O) groups is 9. The number of carbonyl (C=O) groups excluding carboxylic acids is 9. The number of methoxy groups -OCH3 is 1. The van der Waals surface area contributed by atoms with E-state index in [1.54, 1.807) is 0 Å². The van der Waals surface area contributed by atoms with E-state index in [2.05, 4.69) is 10.6 Å². The molecule has 28 nitrogen and oxygen atoms in total. The van der Waals surface area contributed by atoms with Gasteiger partial charge in [-0.1, -0.05) is 19.6 Å². The molecule has 4 aliphatic heterocycles. The van der Waals surface area contributed by atoms with Crippen molar-refractivity contribution in [2.45, 2.75) is 189 Å². The Labute approximate surface area is 419 Å². The SMILES string of the molecule is COC(=O)[C@@]1(O[C@H]2[C@@H](O)[C@@H](CO)O[C@@H](OCC[Si](C)(C)C)[C@@H]2O)C[C@@](O)(C(C)=O)[C@@H](NC(C)=O)[C@H]([C@@](O)(C(C)=O)[C@H]2COC(=O)C3(C[C@H](OC(C)=O)[C@@H](NC(C)=O)[C@H]([C@H](OC(C)=O)[C@@H](CO)OC(C)=O)O3)O2)O1. The average Bonchev–Trinajstić information content (AvgIpc) is 3.27. The Balaban J connectivity index is 1.99. The molecule has 17 atom stereocenters. The van der Waals surface area contributed by atoms with Crippen LogP contribution < -0.4 is 10.6 Å². The van der Waals surface area contributed by atoms with E-state index in [0.717, 1.165) is 48.7 Å². The number of esters is 5. The van der Waals surface area contributed by atoms with E-state index >= 15 is 0 Å². The molecule has 0 aliphatic carbocycles. The van der Waals surface area contributed by atoms with Crippen molar-refractivity contribution in [2.24, 2.45) is 0 Å². The molecule has 0 radical (unpaired) electrons. The van der Waals surface area contributed by atoms with Crippen molar-refractivity contribution in [3.8, 4) is 0 Å². The molecule has 0 aromatic rings. The zero-order chi connectivity index (χ0) is 55.3. The van der Waals surface area contributed by atoms with Crippen molar-refractivity contribution in [3.63, 3.8) is 0 Å². The zero-order valence-corrected chi connectivity index (χ0v) is 43.3. The lowest BCUT2D eigenvalue weighted by Gasteiger charge is -2.57. The number of cyclic esters (lactones) is 1. The number of hydrogen-bond acceptors (Lipinski definition) is 26. The molecular formula is C44H68N2O26Si. The lowest BCUT2D eigenvalue weighted by atomic mass is 9.70. The van der Waals surface area contributed by atoms with E-state index in [0.29, 0.717) is 13.0 Å². The van der Waals surface area contributed by atoms with Gasteiger partial charge in [0.1, 0.15) is 55.4 Å². The summed E-state index contributed by atoms with van der Waals surface area (Å²) < 4.78 is 63.0. The van der Waals surface area contributed by atoms with Crippen LogP contribution in [0.25, 0.3) is 0 Å². The van der Waals surface area contributed by atoms with E-state index in [9.17, 15) is 73.8 Å². The van der Waals surface area contributed by atoms with E-state index in [-0.39, 0.29) is 6.61 Å². The van der Waals surface area contributed by atoms with Gasteiger partial charge in [-0.25, -0.2) is 9.59 Å². The van der Waals surface area contributed by atoms with Crippen molar-refractivity contribution < 1.29 is 126 Å². The Bertz CT molecular complexity index is 2090. The summed E-state index contributed by atoms with van der Waals surface area (Å²) in [7, 11) is -0.995. The molecule has 4 fully saturated rings. The van der Waals surface area contributed by atoms with Gasteiger partial charge in [-0.2, -0.15) is 0 Å². The summed E-state index contributed by atoms with van der Waals surface area (Å²) in [6, 6.07) is -3.45. The van der Waals surface area contributed by atoms with Crippen LogP contribution in [0.15, 0.2) is 0 Å². The Hall–Kier alpha value is -4.63. The van der Waals surface area contributed by atoms with Crippen LogP contribution in [-0.2, 0) is 95.3 Å². The molecule has 1 spiro atoms. The number of ketones is 2. The minimum atomic E-state index is -3.53. The van der Waals surface area contributed by atoms with Crippen molar-refractivity contribution in [1.29, 1.82) is 0 Å². The normalized spacial score (nSPS) is 35.2. The van der Waals surface area contributed by atoms with Gasteiger partial charge in [0.25, 0.3) is 11.6 Å². The third-order valence-corrected chi connectivity index (χ3v) is 14.3. The molecule has 4 heterocycles. The lowest BCUT2D eigenvalue weighted by molar-refractivity contribution is -0.390. The molecule has 2 amide bonds. The van der Waals surface area contributed by atoms with Gasteiger partial charge in [-0.05, 0) is 19.9 Å². The van der Waals surface area contributed by atoms with Gasteiger partial charge in [0.05, 0.1) is 45.2 Å². The summed E-state index contributed by atoms with van der Waals surface area (Å²) in [5, 5.41) is 74.2. The van der Waals surface area contributed by atoms with Crippen LogP contribution in [0.1, 0.15) is 61.3 Å². The number of nitrogens with one attached hydrogen (secondary N) is 2. The predicted octanol–water partition coefficient (Wildman–Crippen LogP) is -4.31. The van der Waals surface area contributed by atoms with Gasteiger partial charge in [0.2, 0.25) is 11.8 Å². The molecule has 29 heteroatoms. The molecule has 73 heavy (non-hydrogen) atoms. The largest absolute Gasteiger partial charge is 0.465 e. The Morgan fingerprint density at radius 2 is 1.48 bits per heavy atom. The van der Waals surface area contributed by atoms with Gasteiger partial charge in [-0.3, -0.25) is 33.6 Å². The van der Waals surface area contributed by atoms with Crippen LogP contribution >= 0.6 is 0 Å². The second-order valence-corrected chi connectivity index (χ2v) is 25.1. The smallest absolute Gasteiger partial charge is 0.367 e. The molecule has 0 aromatic heterocycles. The molecule has 0 aromatic carbocycles. The molecule has 4 aliphatic rings. The molecule has 1 unspecified atom stereocenters. The third kappa shape index (κ3) is 13.4. The number of Topliss-reactive ketones (excluding diaryl/α,β-unsaturated/α-hetero) is 2. The second-order valence-electron chi connectivity index (χ2n) is 19.5. The van der Waals surface area contributed by atoms with Crippen LogP contribution in [0.5, 0.6) is 0 Å². The standard InChI is InChI=1S/C44H68N2O26Si/c1-19(49)41(60)18-43(39(58)62-8,71-35-31(56)27(15-47)68-38(32(35)57)63-12-13-73(9,10)11)72-37(36(41)46-22(4)52)44(61,20(2)50)29-17-64-40(59)42(69-29)14-26(65-23(5)53)30(45-21(3)51)34(70-42)33(67-25(7)55)28(16-48)66-24(6)54/h26-38,47-48,56-57,60-61H,12-18H2,1-11H3,(H,45,51)(H,46,52)/t26-,27+,28+,29+,30+,31-,32+,33+,34+,35-,36-,37+,38+,41+,42?,43+,44+/m0/s1. The molecule has 414 valence electrons. The maximum absolute atomic E-state index is 14.4. The fourth-order valence-electron chi connectivity index (χ4n) is 9.09. The number of aliphatic hydroxyl groups is 6. The fourth-order valence-corrected chi connectivity index (χ4v) is 9.82. The summed E-state index contributed by atoms with van der Waals surface area (Å²) >= 11 is 0. The number of ether oxygens (including phenoxy) is 11. The molecule has 8 N–H and O–H groups in total. The van der Waals surface area contributed by atoms with Crippen molar-refractivity contribution >= 4 is 61.3 Å². The number of amides is 2. The van der Waals surface area contributed by atoms with Crippen molar-refractivity contribution in [2.75, 3.05) is 33.5 Å². The minimum absolute atomic E-state index is 0.000684. The molecule has 0 saturated carbocycles. The van der Waals surface area contributed by atoms with E-state index in [4.69, 9.17) is 52.1 Å². The molecular weight excluding hydrogens is 1000 g/mol. The molecule has 4 saturated heterocycles. The first-order valence-electron chi connectivity index (χ1n) is 23.1. The van der Waals surface area contributed by atoms with Crippen molar-refractivity contribution in [3.05, 3.63) is 0 Å².